The number of hydrogen-bond acceptors (Lipinski definition) is 4. The lowest BCUT2D eigenvalue weighted by atomic mass is 10.0. The van der Waals surface area contributed by atoms with Crippen LogP contribution in [0, 0.1) is 0 Å². The quantitative estimate of drug-likeness (QED) is 0.779. The molecular weight excluding hydrogens is 222 g/mol. The summed E-state index contributed by atoms with van der Waals surface area (Å²) in [5.74, 6) is -0.307. The van der Waals surface area contributed by atoms with E-state index >= 15 is 0 Å². The molecule has 17 heavy (non-hydrogen) atoms. The second-order valence-electron chi connectivity index (χ2n) is 4.39. The Balaban J connectivity index is 1.93. The fourth-order valence-corrected chi connectivity index (χ4v) is 1.81. The van der Waals surface area contributed by atoms with E-state index in [2.05, 4.69) is 15.5 Å². The van der Waals surface area contributed by atoms with Crippen LogP contribution in [0.3, 0.4) is 0 Å². The van der Waals surface area contributed by atoms with Crippen LogP contribution >= 0.6 is 0 Å². The Labute approximate surface area is 98.4 Å². The zero-order chi connectivity index (χ0) is 12.3. The molecule has 1 aromatic rings. The van der Waals surface area contributed by atoms with Gasteiger partial charge in [0, 0.05) is 19.2 Å². The third kappa shape index (κ3) is 2.91. The van der Waals surface area contributed by atoms with E-state index < -0.39 is 0 Å². The van der Waals surface area contributed by atoms with E-state index in [0.29, 0.717) is 6.54 Å². The van der Waals surface area contributed by atoms with Gasteiger partial charge < -0.3 is 10.1 Å². The number of hydrogen-bond donors (Lipinski definition) is 2. The maximum absolute atomic E-state index is 11.7. The molecule has 2 N–H and O–H groups in total. The van der Waals surface area contributed by atoms with Crippen molar-refractivity contribution < 1.29 is 9.53 Å². The van der Waals surface area contributed by atoms with Gasteiger partial charge in [0.15, 0.2) is 0 Å². The summed E-state index contributed by atoms with van der Waals surface area (Å²) in [6, 6.07) is 2.67. The molecule has 0 spiro atoms. The van der Waals surface area contributed by atoms with Crippen molar-refractivity contribution in [2.24, 2.45) is 0 Å². The first-order valence-corrected chi connectivity index (χ1v) is 5.57. The van der Waals surface area contributed by atoms with Gasteiger partial charge in [0.1, 0.15) is 5.69 Å². The molecule has 0 aromatic carbocycles. The summed E-state index contributed by atoms with van der Waals surface area (Å²) >= 11 is 0. The SMILES string of the molecule is CC1(CNC(=O)c2ccc(=O)[nH]n2)CCCO1. The van der Waals surface area contributed by atoms with Gasteiger partial charge in [-0.15, -0.1) is 0 Å². The zero-order valence-corrected chi connectivity index (χ0v) is 9.66. The number of aromatic nitrogens is 2. The minimum absolute atomic E-state index is 0.200. The number of rotatable bonds is 3. The number of amides is 1. The topological polar surface area (TPSA) is 84.1 Å². The van der Waals surface area contributed by atoms with Crippen molar-refractivity contribution in [2.45, 2.75) is 25.4 Å². The summed E-state index contributed by atoms with van der Waals surface area (Å²) < 4.78 is 5.55. The summed E-state index contributed by atoms with van der Waals surface area (Å²) in [5.41, 5.74) is -0.406. The highest BCUT2D eigenvalue weighted by Crippen LogP contribution is 2.23. The molecule has 0 aliphatic carbocycles. The van der Waals surface area contributed by atoms with E-state index in [1.807, 2.05) is 6.92 Å². The third-order valence-electron chi connectivity index (χ3n) is 2.84. The normalized spacial score (nSPS) is 23.6. The summed E-state index contributed by atoms with van der Waals surface area (Å²) in [4.78, 5) is 22.5. The molecule has 1 aliphatic rings. The van der Waals surface area contributed by atoms with Crippen LogP contribution in [0.5, 0.6) is 0 Å². The van der Waals surface area contributed by atoms with Gasteiger partial charge in [0.2, 0.25) is 0 Å². The Bertz CT molecular complexity index is 443. The fourth-order valence-electron chi connectivity index (χ4n) is 1.81. The van der Waals surface area contributed by atoms with Gasteiger partial charge >= 0.3 is 0 Å². The summed E-state index contributed by atoms with van der Waals surface area (Å²) in [6.07, 6.45) is 1.95. The smallest absolute Gasteiger partial charge is 0.271 e. The fraction of sp³-hybridized carbons (Fsp3) is 0.545. The van der Waals surface area contributed by atoms with Gasteiger partial charge in [-0.2, -0.15) is 5.10 Å². The first-order chi connectivity index (χ1) is 8.09. The predicted octanol–water partition coefficient (Wildman–Crippen LogP) is 0.0688. The van der Waals surface area contributed by atoms with Crippen LogP contribution in [0.2, 0.25) is 0 Å². The molecule has 1 aliphatic heterocycles. The molecule has 6 heteroatoms. The number of nitrogens with zero attached hydrogens (tertiary/aromatic N) is 1. The van der Waals surface area contributed by atoms with Crippen molar-refractivity contribution in [1.82, 2.24) is 15.5 Å². The van der Waals surface area contributed by atoms with Crippen molar-refractivity contribution in [3.05, 3.63) is 28.2 Å². The Morgan fingerprint density at radius 1 is 1.65 bits per heavy atom. The summed E-state index contributed by atoms with van der Waals surface area (Å²) in [6.45, 7) is 3.16. The van der Waals surface area contributed by atoms with E-state index in [4.69, 9.17) is 4.74 Å². The standard InChI is InChI=1S/C11H15N3O3/c1-11(5-2-6-17-11)7-12-10(16)8-3-4-9(15)14-13-8/h3-4H,2,5-7H2,1H3,(H,12,16)(H,14,15). The molecule has 1 fully saturated rings. The molecule has 1 saturated heterocycles. The van der Waals surface area contributed by atoms with Crippen LogP contribution in [-0.4, -0.2) is 34.9 Å². The molecule has 0 saturated carbocycles. The molecule has 6 nitrogen and oxygen atoms in total. The first kappa shape index (κ1) is 11.8. The monoisotopic (exact) mass is 237 g/mol. The molecule has 1 amide bonds. The molecule has 1 aromatic heterocycles. The van der Waals surface area contributed by atoms with E-state index in [1.54, 1.807) is 0 Å². The highest BCUT2D eigenvalue weighted by Gasteiger charge is 2.30. The minimum Gasteiger partial charge on any atom is -0.373 e. The summed E-state index contributed by atoms with van der Waals surface area (Å²) in [5, 5.41) is 8.63. The van der Waals surface area contributed by atoms with Gasteiger partial charge in [-0.05, 0) is 25.8 Å². The largest absolute Gasteiger partial charge is 0.373 e. The highest BCUT2D eigenvalue weighted by atomic mass is 16.5. The van der Waals surface area contributed by atoms with Crippen LogP contribution in [-0.2, 0) is 4.74 Å². The Morgan fingerprint density at radius 3 is 3.06 bits per heavy atom. The maximum atomic E-state index is 11.7. The van der Waals surface area contributed by atoms with Crippen molar-refractivity contribution in [3.8, 4) is 0 Å². The first-order valence-electron chi connectivity index (χ1n) is 5.57. The van der Waals surface area contributed by atoms with Gasteiger partial charge in [0.25, 0.3) is 11.5 Å². The summed E-state index contributed by atoms with van der Waals surface area (Å²) in [7, 11) is 0. The lowest BCUT2D eigenvalue weighted by Gasteiger charge is -2.23. The van der Waals surface area contributed by atoms with Crippen LogP contribution in [0.15, 0.2) is 16.9 Å². The lowest BCUT2D eigenvalue weighted by molar-refractivity contribution is 0.0205. The van der Waals surface area contributed by atoms with Gasteiger partial charge in [-0.3, -0.25) is 9.59 Å². The number of ether oxygens (including phenoxy) is 1. The molecule has 1 atom stereocenters. The Kier molecular flexibility index (Phi) is 3.23. The van der Waals surface area contributed by atoms with Crippen LogP contribution in [0.1, 0.15) is 30.3 Å². The van der Waals surface area contributed by atoms with E-state index in [0.717, 1.165) is 19.4 Å². The predicted molar refractivity (Wildman–Crippen MR) is 60.8 cm³/mol. The minimum atomic E-state index is -0.326. The van der Waals surface area contributed by atoms with Crippen molar-refractivity contribution >= 4 is 5.91 Å². The highest BCUT2D eigenvalue weighted by molar-refractivity contribution is 5.92. The zero-order valence-electron chi connectivity index (χ0n) is 9.66. The maximum Gasteiger partial charge on any atom is 0.271 e. The lowest BCUT2D eigenvalue weighted by Crippen LogP contribution is -2.40. The number of carbonyl (C=O) groups excluding carboxylic acids is 1. The van der Waals surface area contributed by atoms with Gasteiger partial charge in [0.05, 0.1) is 5.60 Å². The van der Waals surface area contributed by atoms with Crippen molar-refractivity contribution in [1.29, 1.82) is 0 Å². The molecule has 2 heterocycles. The molecule has 92 valence electrons. The van der Waals surface area contributed by atoms with Crippen molar-refractivity contribution in [3.63, 3.8) is 0 Å². The molecular formula is C11H15N3O3. The van der Waals surface area contributed by atoms with Crippen LogP contribution < -0.4 is 10.9 Å². The molecule has 1 unspecified atom stereocenters. The number of nitrogens with one attached hydrogen (secondary N) is 2. The third-order valence-corrected chi connectivity index (χ3v) is 2.84. The average Bonchev–Trinajstić information content (AvgIpc) is 2.75. The molecule has 2 rings (SSSR count). The average molecular weight is 237 g/mol. The van der Waals surface area contributed by atoms with Crippen LogP contribution in [0.4, 0.5) is 0 Å². The van der Waals surface area contributed by atoms with E-state index in [-0.39, 0.29) is 22.8 Å². The second-order valence-corrected chi connectivity index (χ2v) is 4.39. The molecule has 0 bridgehead atoms. The number of H-pyrrole nitrogens is 1. The van der Waals surface area contributed by atoms with Gasteiger partial charge in [-0.1, -0.05) is 0 Å². The Morgan fingerprint density at radius 2 is 2.47 bits per heavy atom. The van der Waals surface area contributed by atoms with Crippen molar-refractivity contribution in [2.75, 3.05) is 13.2 Å². The Hall–Kier alpha value is -1.69. The van der Waals surface area contributed by atoms with Crippen LogP contribution in [0.25, 0.3) is 0 Å². The van der Waals surface area contributed by atoms with Gasteiger partial charge in [-0.25, -0.2) is 5.10 Å². The second kappa shape index (κ2) is 4.67. The van der Waals surface area contributed by atoms with E-state index in [9.17, 15) is 9.59 Å². The molecule has 0 radical (unpaired) electrons. The number of carbonyl (C=O) groups is 1. The van der Waals surface area contributed by atoms with E-state index in [1.165, 1.54) is 12.1 Å². The number of aromatic amines is 1.